The molecule has 0 aliphatic heterocycles. The summed E-state index contributed by atoms with van der Waals surface area (Å²) in [4.78, 5) is 23.4. The van der Waals surface area contributed by atoms with Crippen LogP contribution >= 0.6 is 0 Å². The summed E-state index contributed by atoms with van der Waals surface area (Å²) in [6, 6.07) is 0. The van der Waals surface area contributed by atoms with Crippen LogP contribution in [0.4, 0.5) is 0 Å². The van der Waals surface area contributed by atoms with E-state index >= 15 is 0 Å². The van der Waals surface area contributed by atoms with Crippen molar-refractivity contribution < 1.29 is 19.8 Å². The number of carboxylic acid groups (broad SMARTS) is 2. The van der Waals surface area contributed by atoms with Gasteiger partial charge in [-0.25, -0.2) is 9.59 Å². The standard InChI is InChI=1S/C16H18O4/c17-15(18)13-9-5-1-2-6-10(9)14(16(19)20)12-8-4-3-7-11(12)13/h1-8H2,(H,17,18)(H,19,20). The molecular formula is C16H18O4. The second-order valence-corrected chi connectivity index (χ2v) is 5.69. The van der Waals surface area contributed by atoms with Gasteiger partial charge in [0.05, 0.1) is 11.1 Å². The van der Waals surface area contributed by atoms with Gasteiger partial charge in [0.1, 0.15) is 0 Å². The molecule has 4 heteroatoms. The molecule has 0 unspecified atom stereocenters. The number of benzene rings is 1. The van der Waals surface area contributed by atoms with Crippen LogP contribution in [0.25, 0.3) is 0 Å². The zero-order valence-electron chi connectivity index (χ0n) is 11.4. The first-order valence-corrected chi connectivity index (χ1v) is 7.27. The Morgan fingerprint density at radius 1 is 0.600 bits per heavy atom. The molecule has 0 atom stereocenters. The summed E-state index contributed by atoms with van der Waals surface area (Å²) < 4.78 is 0. The first kappa shape index (κ1) is 13.2. The zero-order chi connectivity index (χ0) is 14.3. The van der Waals surface area contributed by atoms with Gasteiger partial charge < -0.3 is 10.2 Å². The van der Waals surface area contributed by atoms with Gasteiger partial charge in [-0.05, 0) is 73.6 Å². The van der Waals surface area contributed by atoms with Crippen LogP contribution in [0.15, 0.2) is 0 Å². The summed E-state index contributed by atoms with van der Waals surface area (Å²) >= 11 is 0. The third-order valence-electron chi connectivity index (χ3n) is 4.57. The van der Waals surface area contributed by atoms with Crippen LogP contribution in [0.1, 0.15) is 68.7 Å². The molecule has 0 heterocycles. The van der Waals surface area contributed by atoms with Gasteiger partial charge in [0, 0.05) is 0 Å². The largest absolute Gasteiger partial charge is 0.478 e. The average Bonchev–Trinajstić information content (AvgIpc) is 2.43. The maximum absolute atomic E-state index is 11.7. The lowest BCUT2D eigenvalue weighted by atomic mass is 9.76. The molecule has 1 aromatic carbocycles. The Balaban J connectivity index is 2.37. The van der Waals surface area contributed by atoms with E-state index in [1.807, 2.05) is 0 Å². The number of carboxylic acids is 2. The van der Waals surface area contributed by atoms with Gasteiger partial charge in [0.25, 0.3) is 0 Å². The van der Waals surface area contributed by atoms with E-state index in [9.17, 15) is 19.8 Å². The van der Waals surface area contributed by atoms with Crippen molar-refractivity contribution in [1.29, 1.82) is 0 Å². The summed E-state index contributed by atoms with van der Waals surface area (Å²) in [6.45, 7) is 0. The maximum atomic E-state index is 11.7. The van der Waals surface area contributed by atoms with Crippen LogP contribution in [-0.4, -0.2) is 22.2 Å². The fraction of sp³-hybridized carbons (Fsp3) is 0.500. The molecule has 20 heavy (non-hydrogen) atoms. The topological polar surface area (TPSA) is 74.6 Å². The molecule has 0 saturated heterocycles. The second-order valence-electron chi connectivity index (χ2n) is 5.69. The second kappa shape index (κ2) is 4.93. The summed E-state index contributed by atoms with van der Waals surface area (Å²) in [5.74, 6) is -1.78. The van der Waals surface area contributed by atoms with E-state index in [4.69, 9.17) is 0 Å². The quantitative estimate of drug-likeness (QED) is 0.869. The Hall–Kier alpha value is -1.84. The van der Waals surface area contributed by atoms with Crippen molar-refractivity contribution in [3.05, 3.63) is 33.4 Å². The third-order valence-corrected chi connectivity index (χ3v) is 4.57. The van der Waals surface area contributed by atoms with Crippen molar-refractivity contribution >= 4 is 11.9 Å². The minimum atomic E-state index is -0.891. The SMILES string of the molecule is O=C(O)c1c2c(c(C(=O)O)c3c1CCCC3)CCCC2. The lowest BCUT2D eigenvalue weighted by Gasteiger charge is -2.28. The van der Waals surface area contributed by atoms with E-state index in [0.717, 1.165) is 47.9 Å². The molecule has 0 aromatic heterocycles. The number of fused-ring (bicyclic) bond motifs is 2. The van der Waals surface area contributed by atoms with Crippen molar-refractivity contribution in [2.24, 2.45) is 0 Å². The third kappa shape index (κ3) is 1.90. The molecule has 2 aliphatic carbocycles. The fourth-order valence-electron chi connectivity index (χ4n) is 3.79. The molecule has 0 saturated carbocycles. The highest BCUT2D eigenvalue weighted by atomic mass is 16.4. The van der Waals surface area contributed by atoms with E-state index in [2.05, 4.69) is 0 Å². The summed E-state index contributed by atoms with van der Waals surface area (Å²) in [7, 11) is 0. The molecule has 106 valence electrons. The van der Waals surface area contributed by atoms with Gasteiger partial charge in [0.15, 0.2) is 0 Å². The normalized spacial score (nSPS) is 17.2. The molecule has 3 rings (SSSR count). The molecule has 2 N–H and O–H groups in total. The number of aromatic carboxylic acids is 2. The van der Waals surface area contributed by atoms with Crippen LogP contribution in [0, 0.1) is 0 Å². The number of hydrogen-bond donors (Lipinski definition) is 2. The Kier molecular flexibility index (Phi) is 3.24. The summed E-state index contributed by atoms with van der Waals surface area (Å²) in [5.41, 5.74) is 4.01. The Morgan fingerprint density at radius 3 is 1.05 bits per heavy atom. The smallest absolute Gasteiger partial charge is 0.336 e. The minimum Gasteiger partial charge on any atom is -0.478 e. The average molecular weight is 274 g/mol. The lowest BCUT2D eigenvalue weighted by molar-refractivity contribution is 0.0675. The highest BCUT2D eigenvalue weighted by Gasteiger charge is 2.31. The van der Waals surface area contributed by atoms with Crippen molar-refractivity contribution in [2.45, 2.75) is 51.4 Å². The maximum Gasteiger partial charge on any atom is 0.336 e. The molecule has 2 aliphatic rings. The van der Waals surface area contributed by atoms with E-state index in [1.54, 1.807) is 0 Å². The van der Waals surface area contributed by atoms with E-state index in [-0.39, 0.29) is 0 Å². The van der Waals surface area contributed by atoms with Crippen LogP contribution in [0.5, 0.6) is 0 Å². The molecule has 0 bridgehead atoms. The van der Waals surface area contributed by atoms with Crippen LogP contribution in [-0.2, 0) is 25.7 Å². The van der Waals surface area contributed by atoms with Gasteiger partial charge >= 0.3 is 11.9 Å². The van der Waals surface area contributed by atoms with Gasteiger partial charge in [-0.15, -0.1) is 0 Å². The molecule has 0 radical (unpaired) electrons. The fourth-order valence-corrected chi connectivity index (χ4v) is 3.79. The predicted molar refractivity (Wildman–Crippen MR) is 73.6 cm³/mol. The highest BCUT2D eigenvalue weighted by Crippen LogP contribution is 2.37. The first-order valence-electron chi connectivity index (χ1n) is 7.27. The van der Waals surface area contributed by atoms with Crippen LogP contribution < -0.4 is 0 Å². The van der Waals surface area contributed by atoms with Crippen molar-refractivity contribution in [2.75, 3.05) is 0 Å². The Labute approximate surface area is 117 Å². The highest BCUT2D eigenvalue weighted by molar-refractivity contribution is 5.98. The Morgan fingerprint density at radius 2 is 0.850 bits per heavy atom. The first-order chi connectivity index (χ1) is 9.61. The molecule has 4 nitrogen and oxygen atoms in total. The van der Waals surface area contributed by atoms with E-state index < -0.39 is 11.9 Å². The number of hydrogen-bond acceptors (Lipinski definition) is 2. The zero-order valence-corrected chi connectivity index (χ0v) is 11.4. The molecule has 0 amide bonds. The van der Waals surface area contributed by atoms with Gasteiger partial charge in [0.2, 0.25) is 0 Å². The number of rotatable bonds is 2. The molecule has 0 fully saturated rings. The summed E-state index contributed by atoms with van der Waals surface area (Å²) in [5, 5.41) is 19.2. The summed E-state index contributed by atoms with van der Waals surface area (Å²) in [6.07, 6.45) is 6.59. The van der Waals surface area contributed by atoms with Crippen molar-refractivity contribution in [3.8, 4) is 0 Å². The van der Waals surface area contributed by atoms with Crippen LogP contribution in [0.2, 0.25) is 0 Å². The number of carbonyl (C=O) groups is 2. The Bertz CT molecular complexity index is 511. The minimum absolute atomic E-state index is 0.416. The predicted octanol–water partition coefficient (Wildman–Crippen LogP) is 2.84. The lowest BCUT2D eigenvalue weighted by Crippen LogP contribution is -2.23. The van der Waals surface area contributed by atoms with Crippen LogP contribution in [0.3, 0.4) is 0 Å². The molecular weight excluding hydrogens is 256 g/mol. The monoisotopic (exact) mass is 274 g/mol. The van der Waals surface area contributed by atoms with Gasteiger partial charge in [-0.1, -0.05) is 0 Å². The van der Waals surface area contributed by atoms with Gasteiger partial charge in [-0.3, -0.25) is 0 Å². The van der Waals surface area contributed by atoms with Crippen molar-refractivity contribution in [3.63, 3.8) is 0 Å². The molecule has 0 spiro atoms. The van der Waals surface area contributed by atoms with E-state index in [1.165, 1.54) is 0 Å². The van der Waals surface area contributed by atoms with Crippen molar-refractivity contribution in [1.82, 2.24) is 0 Å². The molecule has 1 aromatic rings. The van der Waals surface area contributed by atoms with Gasteiger partial charge in [-0.2, -0.15) is 0 Å². The van der Waals surface area contributed by atoms with E-state index in [0.29, 0.717) is 36.8 Å².